The summed E-state index contributed by atoms with van der Waals surface area (Å²) in [6, 6.07) is 0. The highest BCUT2D eigenvalue weighted by Gasteiger charge is 2.51. The van der Waals surface area contributed by atoms with E-state index in [1.807, 2.05) is 7.05 Å². The van der Waals surface area contributed by atoms with Gasteiger partial charge in [0.2, 0.25) is 16.3 Å². The van der Waals surface area contributed by atoms with Crippen LogP contribution in [0.5, 0.6) is 0 Å². The van der Waals surface area contributed by atoms with Crippen molar-refractivity contribution in [3.05, 3.63) is 21.2 Å². The quantitative estimate of drug-likeness (QED) is 0.507. The number of quaternary nitrogens is 1. The van der Waals surface area contributed by atoms with Gasteiger partial charge in [0.05, 0.1) is 12.7 Å². The topological polar surface area (TPSA) is 68.6 Å². The van der Waals surface area contributed by atoms with Gasteiger partial charge in [0.1, 0.15) is 4.81 Å². The maximum atomic E-state index is 10.8. The van der Waals surface area contributed by atoms with E-state index in [1.54, 1.807) is 38.1 Å². The van der Waals surface area contributed by atoms with E-state index in [1.165, 1.54) is 5.12 Å². The van der Waals surface area contributed by atoms with Gasteiger partial charge in [-0.15, -0.1) is 5.12 Å². The molecule has 0 aliphatic carbocycles. The lowest BCUT2D eigenvalue weighted by atomic mass is 10.3. The van der Waals surface area contributed by atoms with E-state index >= 15 is 0 Å². The predicted octanol–water partition coefficient (Wildman–Crippen LogP) is 0.971. The first-order chi connectivity index (χ1) is 6.92. The molecule has 8 heteroatoms. The molecule has 0 radical (unpaired) electrons. The van der Waals surface area contributed by atoms with E-state index in [0.717, 1.165) is 5.70 Å². The molecule has 84 valence electrons. The maximum absolute atomic E-state index is 10.8. The molecule has 1 aliphatic rings. The summed E-state index contributed by atoms with van der Waals surface area (Å²) in [5, 5.41) is 10.3. The third-order valence-corrected chi connectivity index (χ3v) is 2.94. The molecule has 0 aromatic heterocycles. The van der Waals surface area contributed by atoms with Crippen molar-refractivity contribution in [2.24, 2.45) is 10.6 Å². The lowest BCUT2D eigenvalue weighted by molar-refractivity contribution is -1.04. The molecule has 0 saturated heterocycles. The zero-order chi connectivity index (χ0) is 11.8. The Bertz CT molecular complexity index is 319. The van der Waals surface area contributed by atoms with Gasteiger partial charge in [-0.1, -0.05) is 9.81 Å². The van der Waals surface area contributed by atoms with Gasteiger partial charge < -0.3 is 0 Å². The second-order valence-electron chi connectivity index (χ2n) is 3.40. The third-order valence-electron chi connectivity index (χ3n) is 2.94. The average Bonchev–Trinajstić information content (AvgIpc) is 2.26. The molecule has 1 aliphatic heterocycles. The summed E-state index contributed by atoms with van der Waals surface area (Å²) in [6.07, 6.45) is 0. The molecule has 0 aromatic rings. The van der Waals surface area contributed by atoms with Crippen molar-refractivity contribution in [2.75, 3.05) is 21.1 Å². The van der Waals surface area contributed by atoms with Gasteiger partial charge in [-0.05, 0) is 12.0 Å². The van der Waals surface area contributed by atoms with E-state index in [0.29, 0.717) is 5.70 Å². The Morgan fingerprint density at radius 2 is 1.53 bits per heavy atom. The number of hydrogen-bond acceptors (Lipinski definition) is 7. The van der Waals surface area contributed by atoms with E-state index in [-0.39, 0.29) is 0 Å². The van der Waals surface area contributed by atoms with Gasteiger partial charge in [0.15, 0.2) is 0 Å². The largest absolute Gasteiger partial charge is 0.290 e. The van der Waals surface area contributed by atoms with Crippen LogP contribution in [0.3, 0.4) is 0 Å². The number of hydrazine groups is 2. The van der Waals surface area contributed by atoms with E-state index in [9.17, 15) is 9.81 Å². The Kier molecular flexibility index (Phi) is 2.84. The second-order valence-corrected chi connectivity index (χ2v) is 3.40. The highest BCUT2D eigenvalue weighted by molar-refractivity contribution is 5.01. The van der Waals surface area contributed by atoms with Gasteiger partial charge in [-0.25, -0.2) is 0 Å². The van der Waals surface area contributed by atoms with E-state index in [4.69, 9.17) is 0 Å². The average molecular weight is 215 g/mol. The van der Waals surface area contributed by atoms with Crippen LogP contribution < -0.4 is 0 Å². The van der Waals surface area contributed by atoms with E-state index in [2.05, 4.69) is 10.6 Å². The molecule has 0 amide bonds. The summed E-state index contributed by atoms with van der Waals surface area (Å²) in [7, 11) is 5.09. The van der Waals surface area contributed by atoms with Crippen LogP contribution in [0.4, 0.5) is 0 Å². The van der Waals surface area contributed by atoms with Gasteiger partial charge in [0, 0.05) is 21.0 Å². The van der Waals surface area contributed by atoms with Crippen molar-refractivity contribution in [1.82, 2.24) is 15.2 Å². The molecule has 0 atom stereocenters. The third kappa shape index (κ3) is 1.34. The highest BCUT2D eigenvalue weighted by atomic mass is 16.4. The first-order valence-corrected chi connectivity index (χ1v) is 4.40. The van der Waals surface area contributed by atoms with Crippen LogP contribution >= 0.6 is 0 Å². The number of nitroso groups, excluding NO2 is 2. The van der Waals surface area contributed by atoms with Crippen molar-refractivity contribution in [3.8, 4) is 0 Å². The Labute approximate surface area is 87.7 Å². The van der Waals surface area contributed by atoms with Crippen LogP contribution in [0.15, 0.2) is 22.0 Å². The van der Waals surface area contributed by atoms with Gasteiger partial charge in [-0.2, -0.15) is 0 Å². The fraction of sp³-hybridized carbons (Fsp3) is 0.714. The first-order valence-electron chi connectivity index (χ1n) is 4.40. The van der Waals surface area contributed by atoms with Crippen molar-refractivity contribution in [1.29, 1.82) is 0 Å². The molecule has 0 N–H and O–H groups in total. The lowest BCUT2D eigenvalue weighted by Gasteiger charge is -2.42. The fourth-order valence-electron chi connectivity index (χ4n) is 1.50. The summed E-state index contributed by atoms with van der Waals surface area (Å²) in [4.78, 5) is 20.7. The summed E-state index contributed by atoms with van der Waals surface area (Å²) >= 11 is 0. The molecule has 0 spiro atoms. The molecular weight excluding hydrogens is 200 g/mol. The van der Waals surface area contributed by atoms with Crippen LogP contribution in [-0.4, -0.2) is 41.2 Å². The Hall–Kier alpha value is -1.38. The van der Waals surface area contributed by atoms with Crippen LogP contribution in [-0.2, 0) is 0 Å². The fourth-order valence-corrected chi connectivity index (χ4v) is 1.50. The summed E-state index contributed by atoms with van der Waals surface area (Å²) in [5.74, 6) is 0. The molecule has 8 nitrogen and oxygen atoms in total. The summed E-state index contributed by atoms with van der Waals surface area (Å²) in [6.45, 7) is 3.44. The Morgan fingerprint density at radius 3 is 1.93 bits per heavy atom. The van der Waals surface area contributed by atoms with Crippen LogP contribution in [0.1, 0.15) is 13.8 Å². The minimum Gasteiger partial charge on any atom is -0.290 e. The van der Waals surface area contributed by atoms with Gasteiger partial charge >= 0.3 is 0 Å². The summed E-state index contributed by atoms with van der Waals surface area (Å²) < 4.78 is 0. The predicted molar refractivity (Wildman–Crippen MR) is 53.5 cm³/mol. The molecular formula is C7H15N6O2+. The van der Waals surface area contributed by atoms with Crippen LogP contribution in [0.2, 0.25) is 0 Å². The lowest BCUT2D eigenvalue weighted by Crippen LogP contribution is -2.63. The first kappa shape index (κ1) is 11.7. The van der Waals surface area contributed by atoms with Crippen molar-refractivity contribution in [2.45, 2.75) is 13.8 Å². The number of rotatable bonds is 2. The Morgan fingerprint density at radius 1 is 1.07 bits per heavy atom. The smallest absolute Gasteiger partial charge is 0.215 e. The minimum absolute atomic E-state index is 0.475. The van der Waals surface area contributed by atoms with Gasteiger partial charge in [0.25, 0.3) is 0 Å². The molecule has 0 aromatic carbocycles. The number of hydrogen-bond donors (Lipinski definition) is 0. The molecule has 0 bridgehead atoms. The maximum Gasteiger partial charge on any atom is 0.215 e. The zero-order valence-electron chi connectivity index (χ0n) is 9.50. The molecule has 15 heavy (non-hydrogen) atoms. The van der Waals surface area contributed by atoms with Crippen molar-refractivity contribution >= 4 is 0 Å². The molecule has 0 unspecified atom stereocenters. The van der Waals surface area contributed by atoms with Crippen LogP contribution in [0.25, 0.3) is 0 Å². The Balaban J connectivity index is 3.39. The number of nitrogens with zero attached hydrogens (tertiary/aromatic N) is 6. The highest BCUT2D eigenvalue weighted by Crippen LogP contribution is 2.32. The SMILES string of the molecule is CC1=C(C)[N+](N=O)(N=O)N(C)N(C)N1C. The summed E-state index contributed by atoms with van der Waals surface area (Å²) in [5.41, 5.74) is 1.23. The van der Waals surface area contributed by atoms with E-state index < -0.39 is 4.81 Å². The monoisotopic (exact) mass is 215 g/mol. The van der Waals surface area contributed by atoms with Gasteiger partial charge in [-0.3, -0.25) is 5.01 Å². The standard InChI is InChI=1S/C7H15N6O2/c1-6-7(2)13(8-14,9-15)12(5)11(4)10(6)3/h1-5H3/q+1. The number of allylic oxidation sites excluding steroid dienone is 2. The zero-order valence-corrected chi connectivity index (χ0v) is 9.50. The normalized spacial score (nSPS) is 23.1. The van der Waals surface area contributed by atoms with Crippen molar-refractivity contribution in [3.63, 3.8) is 0 Å². The van der Waals surface area contributed by atoms with Crippen LogP contribution in [0, 0.1) is 9.81 Å². The minimum atomic E-state index is -0.938. The molecule has 1 rings (SSSR count). The van der Waals surface area contributed by atoms with Crippen molar-refractivity contribution < 1.29 is 4.81 Å². The molecule has 0 saturated carbocycles. The molecule has 1 heterocycles. The second kappa shape index (κ2) is 3.65. The molecule has 0 fully saturated rings.